The summed E-state index contributed by atoms with van der Waals surface area (Å²) in [5.41, 5.74) is 5.28. The van der Waals surface area contributed by atoms with E-state index in [1.807, 2.05) is 23.6 Å². The molecule has 0 radical (unpaired) electrons. The van der Waals surface area contributed by atoms with Gasteiger partial charge in [-0.15, -0.1) is 5.48 Å². The minimum Gasteiger partial charge on any atom is -0.376 e. The number of aromatic nitrogens is 7. The van der Waals surface area contributed by atoms with Gasteiger partial charge in [-0.25, -0.2) is 23.1 Å². The van der Waals surface area contributed by atoms with Crippen molar-refractivity contribution in [3.63, 3.8) is 0 Å². The number of ether oxygens (including phenoxy) is 1. The third-order valence-electron chi connectivity index (χ3n) is 14.7. The Balaban J connectivity index is 1.03. The summed E-state index contributed by atoms with van der Waals surface area (Å²) in [4.78, 5) is 49.7. The first-order valence-electron chi connectivity index (χ1n) is 23.0. The van der Waals surface area contributed by atoms with Crippen LogP contribution in [0.1, 0.15) is 97.4 Å². The Labute approximate surface area is 391 Å². The van der Waals surface area contributed by atoms with E-state index in [2.05, 4.69) is 48.8 Å². The van der Waals surface area contributed by atoms with Crippen LogP contribution < -0.4 is 16.5 Å². The smallest absolute Gasteiger partial charge is 0.376 e. The lowest BCUT2D eigenvalue weighted by Gasteiger charge is -2.36. The third-order valence-corrected chi connectivity index (χ3v) is 14.7. The zero-order valence-electron chi connectivity index (χ0n) is 38.6. The van der Waals surface area contributed by atoms with Gasteiger partial charge >= 0.3 is 18.0 Å². The Hall–Kier alpha value is -6.80. The number of amides is 2. The lowest BCUT2D eigenvalue weighted by molar-refractivity contribution is -0.141. The Kier molecular flexibility index (Phi) is 10.1. The summed E-state index contributed by atoms with van der Waals surface area (Å²) in [6.07, 6.45) is 0.482. The van der Waals surface area contributed by atoms with E-state index >= 15 is 13.6 Å². The van der Waals surface area contributed by atoms with E-state index in [1.54, 1.807) is 30.9 Å². The summed E-state index contributed by atoms with van der Waals surface area (Å²) >= 11 is 0. The topological polar surface area (TPSA) is 147 Å². The Morgan fingerprint density at radius 3 is 2.35 bits per heavy atom. The fourth-order valence-electron chi connectivity index (χ4n) is 11.2. The molecule has 4 aromatic heterocycles. The van der Waals surface area contributed by atoms with Crippen LogP contribution in [0.3, 0.4) is 0 Å². The zero-order valence-corrected chi connectivity index (χ0v) is 38.6. The van der Waals surface area contributed by atoms with Crippen molar-refractivity contribution in [3.05, 3.63) is 123 Å². The highest BCUT2D eigenvalue weighted by Gasteiger charge is 2.62. The van der Waals surface area contributed by atoms with Gasteiger partial charge in [-0.1, -0.05) is 13.0 Å². The van der Waals surface area contributed by atoms with Crippen LogP contribution in [0.25, 0.3) is 39.0 Å². The lowest BCUT2D eigenvalue weighted by Crippen LogP contribution is -2.49. The molecule has 360 valence electrons. The highest BCUT2D eigenvalue weighted by atomic mass is 19.4. The van der Waals surface area contributed by atoms with Crippen LogP contribution in [-0.4, -0.2) is 81.3 Å². The van der Waals surface area contributed by atoms with Crippen LogP contribution in [0, 0.1) is 31.4 Å². The number of fused-ring (bicyclic) bond motifs is 3. The predicted molar refractivity (Wildman–Crippen MR) is 243 cm³/mol. The van der Waals surface area contributed by atoms with Crippen molar-refractivity contribution in [1.29, 1.82) is 0 Å². The van der Waals surface area contributed by atoms with E-state index in [4.69, 9.17) is 14.7 Å². The summed E-state index contributed by atoms with van der Waals surface area (Å²) in [6.45, 7) is 10.8. The molecular weight excluding hydrogens is 904 g/mol. The zero-order chi connectivity index (χ0) is 48.6. The van der Waals surface area contributed by atoms with Crippen molar-refractivity contribution >= 4 is 33.8 Å². The van der Waals surface area contributed by atoms with Gasteiger partial charge < -0.3 is 19.0 Å². The minimum atomic E-state index is -4.60. The van der Waals surface area contributed by atoms with Gasteiger partial charge in [0.05, 0.1) is 51.4 Å². The first-order chi connectivity index (χ1) is 32.7. The molecule has 5 atom stereocenters. The number of imidazole rings is 1. The number of benzene rings is 3. The summed E-state index contributed by atoms with van der Waals surface area (Å²) in [5, 5.41) is 12.3. The fourth-order valence-corrected chi connectivity index (χ4v) is 11.2. The number of halogens is 5. The molecule has 2 amide bonds. The van der Waals surface area contributed by atoms with E-state index < -0.39 is 53.9 Å². The van der Waals surface area contributed by atoms with Gasteiger partial charge in [0.2, 0.25) is 0 Å². The Morgan fingerprint density at radius 1 is 0.942 bits per heavy atom. The second-order valence-electron chi connectivity index (χ2n) is 19.6. The fraction of sp³-hybridized carbons (Fsp3) is 0.408. The number of aryl methyl sites for hydroxylation is 2. The number of hydroxylamine groups is 1. The molecule has 1 saturated carbocycles. The number of carbonyl (C=O) groups excluding carboxylic acids is 2. The van der Waals surface area contributed by atoms with Gasteiger partial charge in [0.15, 0.2) is 5.82 Å². The number of carbonyl (C=O) groups is 2. The molecule has 20 heteroatoms. The second-order valence-corrected chi connectivity index (χ2v) is 19.6. The molecule has 2 unspecified atom stereocenters. The standard InChI is InChI=1S/C49H49F5N10O5/c1-25-17-32(18-26(2)40(25)50)64-42(61-15-14-60(46(61)67)37-10-9-36-33(41(37)51)23-55-62(36)24-49(52,53)54)39-28(4)59(13-11-34(39)57-64)43(65)38-20-31-19-29(30-12-16-68-47(5,6)22-30)7-8-35(31)63(38)48(21-27(48)3)44-56-45(66)69-58-44/h7-10,14-15,17-20,23,27-28,30,44,58H,11-13,16,21-22,24H2,1-6H3,(H,56,66)/t27-,28-,30?,44?,48-/m0/s1. The molecule has 11 rings (SSSR count). The van der Waals surface area contributed by atoms with E-state index in [1.165, 1.54) is 33.8 Å². The molecule has 3 aliphatic heterocycles. The van der Waals surface area contributed by atoms with Crippen molar-refractivity contribution in [2.45, 2.75) is 109 Å². The summed E-state index contributed by atoms with van der Waals surface area (Å²) < 4.78 is 84.0. The van der Waals surface area contributed by atoms with Crippen LogP contribution >= 0.6 is 0 Å². The SMILES string of the molecule is Cc1cc(-n2nc3c(c2-n2ccn(-c4ccc5c(cnn5CC(F)(F)F)c4F)c2=O)[C@H](C)N(C(=O)c2cc4cc(C5CCOC(C)(C)C5)ccc4n2[C@@]2(C4NOC(=O)N4)C[C@@H]2C)CC3)cc(C)c1F. The maximum absolute atomic E-state index is 16.3. The first-order valence-corrected chi connectivity index (χ1v) is 23.0. The van der Waals surface area contributed by atoms with Crippen molar-refractivity contribution in [1.82, 2.24) is 49.0 Å². The maximum atomic E-state index is 16.3. The normalized spacial score (nSPS) is 23.4. The number of hydrogen-bond donors (Lipinski definition) is 2. The van der Waals surface area contributed by atoms with Crippen LogP contribution in [0.4, 0.5) is 26.7 Å². The number of hydrogen-bond acceptors (Lipinski definition) is 8. The molecule has 15 nitrogen and oxygen atoms in total. The van der Waals surface area contributed by atoms with E-state index in [0.717, 1.165) is 40.1 Å². The summed E-state index contributed by atoms with van der Waals surface area (Å²) in [5.74, 6) is -1.17. The van der Waals surface area contributed by atoms with Crippen LogP contribution in [-0.2, 0) is 28.1 Å². The van der Waals surface area contributed by atoms with E-state index in [9.17, 15) is 22.8 Å². The Morgan fingerprint density at radius 2 is 1.67 bits per heavy atom. The molecule has 2 N–H and O–H groups in total. The van der Waals surface area contributed by atoms with Crippen LogP contribution in [0.15, 0.2) is 71.9 Å². The quantitative estimate of drug-likeness (QED) is 0.145. The predicted octanol–water partition coefficient (Wildman–Crippen LogP) is 8.31. The number of nitrogens with one attached hydrogen (secondary N) is 2. The molecular formula is C49H49F5N10O5. The van der Waals surface area contributed by atoms with E-state index in [-0.39, 0.29) is 58.7 Å². The largest absolute Gasteiger partial charge is 0.427 e. The average molecular weight is 953 g/mol. The minimum absolute atomic E-state index is 0.0190. The Bertz CT molecular complexity index is 3320. The molecule has 2 saturated heterocycles. The lowest BCUT2D eigenvalue weighted by atomic mass is 9.83. The van der Waals surface area contributed by atoms with Gasteiger partial charge in [0.25, 0.3) is 5.91 Å². The number of rotatable bonds is 8. The molecule has 3 aromatic carbocycles. The molecule has 1 aliphatic carbocycles. The molecule has 7 heterocycles. The highest BCUT2D eigenvalue weighted by Crippen LogP contribution is 2.55. The molecule has 69 heavy (non-hydrogen) atoms. The van der Waals surface area contributed by atoms with Crippen molar-refractivity contribution in [2.75, 3.05) is 13.2 Å². The first kappa shape index (κ1) is 44.7. The number of alkyl halides is 3. The molecule has 3 fully saturated rings. The van der Waals surface area contributed by atoms with Gasteiger partial charge in [0, 0.05) is 48.4 Å². The van der Waals surface area contributed by atoms with Gasteiger partial charge in [0.1, 0.15) is 30.0 Å². The molecule has 0 spiro atoms. The second kappa shape index (κ2) is 15.6. The van der Waals surface area contributed by atoms with Gasteiger partial charge in [-0.3, -0.25) is 23.9 Å². The maximum Gasteiger partial charge on any atom is 0.427 e. The third kappa shape index (κ3) is 7.15. The van der Waals surface area contributed by atoms with Gasteiger partial charge in [-0.2, -0.15) is 23.4 Å². The monoisotopic (exact) mass is 952 g/mol. The van der Waals surface area contributed by atoms with Crippen LogP contribution in [0.5, 0.6) is 0 Å². The van der Waals surface area contributed by atoms with E-state index in [0.29, 0.717) is 51.5 Å². The summed E-state index contributed by atoms with van der Waals surface area (Å²) in [7, 11) is 0. The van der Waals surface area contributed by atoms with Crippen LogP contribution in [0.2, 0.25) is 0 Å². The highest BCUT2D eigenvalue weighted by molar-refractivity contribution is 6.00. The van der Waals surface area contributed by atoms with Gasteiger partial charge in [-0.05, 0) is 125 Å². The molecule has 7 aromatic rings. The average Bonchev–Trinajstić information content (AvgIpc) is 3.93. The molecule has 4 aliphatic rings. The number of nitrogens with zero attached hydrogens (tertiary/aromatic N) is 8. The molecule has 0 bridgehead atoms. The summed E-state index contributed by atoms with van der Waals surface area (Å²) in [6, 6.07) is 13.2. The van der Waals surface area contributed by atoms with Crippen molar-refractivity contribution in [3.8, 4) is 17.2 Å². The van der Waals surface area contributed by atoms with Crippen molar-refractivity contribution < 1.29 is 41.1 Å². The van der Waals surface area contributed by atoms with Crippen molar-refractivity contribution in [2.24, 2.45) is 5.92 Å².